The molecule has 0 fully saturated rings. The molecule has 1 atom stereocenters. The fraction of sp³-hybridized carbons (Fsp3) is 0.400. The van der Waals surface area contributed by atoms with Crippen LogP contribution in [0.25, 0.3) is 0 Å². The fourth-order valence-corrected chi connectivity index (χ4v) is 2.22. The van der Waals surface area contributed by atoms with E-state index in [2.05, 4.69) is 10.6 Å². The number of carboxylic acids is 1. The zero-order valence-electron chi connectivity index (χ0n) is 12.4. The van der Waals surface area contributed by atoms with Gasteiger partial charge in [0.15, 0.2) is 0 Å². The van der Waals surface area contributed by atoms with Crippen molar-refractivity contribution in [2.45, 2.75) is 18.9 Å². The number of hydrogen-bond donors (Lipinski definition) is 3. The van der Waals surface area contributed by atoms with Crippen molar-refractivity contribution in [1.29, 1.82) is 0 Å². The molecular formula is C15H20N2O4S. The van der Waals surface area contributed by atoms with Crippen molar-refractivity contribution in [3.63, 3.8) is 0 Å². The summed E-state index contributed by atoms with van der Waals surface area (Å²) in [4.78, 5) is 34.6. The van der Waals surface area contributed by atoms with Crippen molar-refractivity contribution >= 4 is 29.5 Å². The van der Waals surface area contributed by atoms with E-state index in [0.29, 0.717) is 17.7 Å². The minimum absolute atomic E-state index is 0.0468. The van der Waals surface area contributed by atoms with Crippen LogP contribution in [0.15, 0.2) is 30.3 Å². The van der Waals surface area contributed by atoms with Crippen molar-refractivity contribution in [3.8, 4) is 0 Å². The third-order valence-electron chi connectivity index (χ3n) is 2.91. The second-order valence-electron chi connectivity index (χ2n) is 4.61. The molecule has 2 amide bonds. The Morgan fingerprint density at radius 1 is 1.23 bits per heavy atom. The van der Waals surface area contributed by atoms with Crippen LogP contribution >= 0.6 is 11.8 Å². The average Bonchev–Trinajstić information content (AvgIpc) is 2.51. The Morgan fingerprint density at radius 2 is 1.91 bits per heavy atom. The Kier molecular flexibility index (Phi) is 8.06. The summed E-state index contributed by atoms with van der Waals surface area (Å²) >= 11 is 1.57. The minimum Gasteiger partial charge on any atom is -0.481 e. The number of benzene rings is 1. The van der Waals surface area contributed by atoms with Gasteiger partial charge in [-0.05, 0) is 30.6 Å². The Bertz CT molecular complexity index is 508. The van der Waals surface area contributed by atoms with Crippen molar-refractivity contribution in [2.75, 3.05) is 18.6 Å². The van der Waals surface area contributed by atoms with Crippen molar-refractivity contribution in [2.24, 2.45) is 0 Å². The number of aliphatic carboxylic acids is 1. The number of nitrogens with one attached hydrogen (secondary N) is 2. The Balaban J connectivity index is 2.61. The molecule has 0 aliphatic heterocycles. The molecule has 1 aromatic rings. The van der Waals surface area contributed by atoms with E-state index in [0.717, 1.165) is 0 Å². The van der Waals surface area contributed by atoms with Gasteiger partial charge in [-0.1, -0.05) is 18.2 Å². The van der Waals surface area contributed by atoms with Gasteiger partial charge in [0, 0.05) is 12.1 Å². The summed E-state index contributed by atoms with van der Waals surface area (Å²) < 4.78 is 0. The lowest BCUT2D eigenvalue weighted by molar-refractivity contribution is -0.137. The molecule has 1 aromatic carbocycles. The first-order valence-electron chi connectivity index (χ1n) is 6.89. The van der Waals surface area contributed by atoms with Gasteiger partial charge in [-0.2, -0.15) is 11.8 Å². The third-order valence-corrected chi connectivity index (χ3v) is 3.55. The Hall–Kier alpha value is -2.02. The highest BCUT2D eigenvalue weighted by molar-refractivity contribution is 7.98. The number of thioether (sulfide) groups is 1. The summed E-state index contributed by atoms with van der Waals surface area (Å²) in [6, 6.07) is 7.97. The molecule has 0 aromatic heterocycles. The smallest absolute Gasteiger partial charge is 0.305 e. The summed E-state index contributed by atoms with van der Waals surface area (Å²) in [5.74, 6) is -0.944. The maximum absolute atomic E-state index is 12.1. The molecule has 7 heteroatoms. The highest BCUT2D eigenvalue weighted by atomic mass is 32.2. The maximum Gasteiger partial charge on any atom is 0.305 e. The summed E-state index contributed by atoms with van der Waals surface area (Å²) in [7, 11) is 0. The van der Waals surface area contributed by atoms with E-state index in [9.17, 15) is 14.4 Å². The molecule has 0 spiro atoms. The molecule has 0 saturated heterocycles. The highest BCUT2D eigenvalue weighted by Crippen LogP contribution is 2.04. The van der Waals surface area contributed by atoms with E-state index in [1.54, 1.807) is 42.1 Å². The summed E-state index contributed by atoms with van der Waals surface area (Å²) in [5, 5.41) is 13.8. The second kappa shape index (κ2) is 9.83. The monoisotopic (exact) mass is 324 g/mol. The van der Waals surface area contributed by atoms with Crippen LogP contribution in [0.5, 0.6) is 0 Å². The maximum atomic E-state index is 12.1. The number of hydrogen-bond acceptors (Lipinski definition) is 4. The lowest BCUT2D eigenvalue weighted by Gasteiger charge is -2.18. The molecular weight excluding hydrogens is 304 g/mol. The summed E-state index contributed by atoms with van der Waals surface area (Å²) in [6.45, 7) is 0.0468. The van der Waals surface area contributed by atoms with Crippen molar-refractivity contribution in [1.82, 2.24) is 10.6 Å². The molecule has 6 nitrogen and oxygen atoms in total. The molecule has 0 aliphatic carbocycles. The summed E-state index contributed by atoms with van der Waals surface area (Å²) in [6.07, 6.45) is 2.25. The minimum atomic E-state index is -0.978. The topological polar surface area (TPSA) is 95.5 Å². The second-order valence-corrected chi connectivity index (χ2v) is 5.59. The first-order chi connectivity index (χ1) is 10.5. The Morgan fingerprint density at radius 3 is 2.50 bits per heavy atom. The standard InChI is InChI=1S/C15H20N2O4S/c1-22-10-8-12(15(21)16-9-7-13(18)19)17-14(20)11-5-3-2-4-6-11/h2-6,12H,7-10H2,1H3,(H,16,21)(H,17,20)(H,18,19). The molecule has 0 bridgehead atoms. The van der Waals surface area contributed by atoms with Gasteiger partial charge < -0.3 is 15.7 Å². The van der Waals surface area contributed by atoms with Gasteiger partial charge in [-0.3, -0.25) is 14.4 Å². The molecule has 22 heavy (non-hydrogen) atoms. The molecule has 0 aliphatic rings. The lowest BCUT2D eigenvalue weighted by atomic mass is 10.1. The van der Waals surface area contributed by atoms with E-state index < -0.39 is 12.0 Å². The van der Waals surface area contributed by atoms with Crippen molar-refractivity contribution < 1.29 is 19.5 Å². The number of carboxylic acid groups (broad SMARTS) is 1. The van der Waals surface area contributed by atoms with Crippen LogP contribution in [0.2, 0.25) is 0 Å². The molecule has 120 valence electrons. The van der Waals surface area contributed by atoms with Gasteiger partial charge in [0.05, 0.1) is 6.42 Å². The van der Waals surface area contributed by atoms with Gasteiger partial charge in [0.25, 0.3) is 5.91 Å². The van der Waals surface area contributed by atoms with Gasteiger partial charge in [-0.15, -0.1) is 0 Å². The quantitative estimate of drug-likeness (QED) is 0.633. The number of amides is 2. The van der Waals surface area contributed by atoms with Crippen molar-refractivity contribution in [3.05, 3.63) is 35.9 Å². The van der Waals surface area contributed by atoms with E-state index in [4.69, 9.17) is 5.11 Å². The fourth-order valence-electron chi connectivity index (χ4n) is 1.75. The van der Waals surface area contributed by atoms with E-state index in [1.165, 1.54) is 0 Å². The van der Waals surface area contributed by atoms with Gasteiger partial charge >= 0.3 is 5.97 Å². The van der Waals surface area contributed by atoms with Crippen LogP contribution in [0.1, 0.15) is 23.2 Å². The molecule has 0 saturated carbocycles. The van der Waals surface area contributed by atoms with Crippen LogP contribution in [-0.4, -0.2) is 47.5 Å². The van der Waals surface area contributed by atoms with E-state index >= 15 is 0 Å². The molecule has 1 rings (SSSR count). The average molecular weight is 324 g/mol. The first-order valence-corrected chi connectivity index (χ1v) is 8.28. The number of carbonyl (C=O) groups is 3. The zero-order valence-corrected chi connectivity index (χ0v) is 13.2. The predicted octanol–water partition coefficient (Wildman–Crippen LogP) is 1.13. The van der Waals surface area contributed by atoms with Crippen LogP contribution in [0, 0.1) is 0 Å². The van der Waals surface area contributed by atoms with Crippen LogP contribution in [0.3, 0.4) is 0 Å². The van der Waals surface area contributed by atoms with Gasteiger partial charge in [0.2, 0.25) is 5.91 Å². The normalized spacial score (nSPS) is 11.5. The summed E-state index contributed by atoms with van der Waals surface area (Å²) in [5.41, 5.74) is 0.481. The highest BCUT2D eigenvalue weighted by Gasteiger charge is 2.20. The van der Waals surface area contributed by atoms with Crippen LogP contribution in [0.4, 0.5) is 0 Å². The predicted molar refractivity (Wildman–Crippen MR) is 86.0 cm³/mol. The first kappa shape index (κ1) is 18.0. The van der Waals surface area contributed by atoms with E-state index in [1.807, 2.05) is 6.26 Å². The molecule has 1 unspecified atom stereocenters. The molecule has 3 N–H and O–H groups in total. The number of carbonyl (C=O) groups excluding carboxylic acids is 2. The van der Waals surface area contributed by atoms with E-state index in [-0.39, 0.29) is 24.8 Å². The van der Waals surface area contributed by atoms with Crippen LogP contribution in [-0.2, 0) is 9.59 Å². The van der Waals surface area contributed by atoms with Crippen LogP contribution < -0.4 is 10.6 Å². The zero-order chi connectivity index (χ0) is 16.4. The molecule has 0 radical (unpaired) electrons. The Labute approximate surface area is 133 Å². The molecule has 0 heterocycles. The SMILES string of the molecule is CSCCC(NC(=O)c1ccccc1)C(=O)NCCC(=O)O. The van der Waals surface area contributed by atoms with Gasteiger partial charge in [0.1, 0.15) is 6.04 Å². The lowest BCUT2D eigenvalue weighted by Crippen LogP contribution is -2.47. The third kappa shape index (κ3) is 6.62. The van der Waals surface area contributed by atoms with Gasteiger partial charge in [-0.25, -0.2) is 0 Å². The largest absolute Gasteiger partial charge is 0.481 e. The number of rotatable bonds is 9.